The van der Waals surface area contributed by atoms with E-state index in [-0.39, 0.29) is 0 Å². The predicted molar refractivity (Wildman–Crippen MR) is 66.5 cm³/mol. The number of thiazole rings is 1. The zero-order valence-electron chi connectivity index (χ0n) is 9.55. The molecule has 86 valence electrons. The summed E-state index contributed by atoms with van der Waals surface area (Å²) in [6.07, 6.45) is 4.44. The Hall–Kier alpha value is -1.07. The molecule has 0 amide bonds. The van der Waals surface area contributed by atoms with Gasteiger partial charge in [-0.3, -0.25) is 0 Å². The van der Waals surface area contributed by atoms with Gasteiger partial charge in [-0.05, 0) is 12.3 Å². The summed E-state index contributed by atoms with van der Waals surface area (Å²) in [4.78, 5) is 13.8. The van der Waals surface area contributed by atoms with Crippen LogP contribution in [-0.4, -0.2) is 21.5 Å². The minimum Gasteiger partial charge on any atom is -0.330 e. The van der Waals surface area contributed by atoms with Crippen LogP contribution in [0.5, 0.6) is 0 Å². The van der Waals surface area contributed by atoms with Crippen LogP contribution < -0.4 is 5.73 Å². The zero-order valence-corrected chi connectivity index (χ0v) is 10.4. The van der Waals surface area contributed by atoms with E-state index in [0.29, 0.717) is 18.4 Å². The van der Waals surface area contributed by atoms with Gasteiger partial charge in [-0.15, -0.1) is 0 Å². The molecular formula is C11H16N4S. The fourth-order valence-corrected chi connectivity index (χ4v) is 2.73. The van der Waals surface area contributed by atoms with Crippen molar-refractivity contribution >= 4 is 21.8 Å². The van der Waals surface area contributed by atoms with Crippen molar-refractivity contribution in [2.45, 2.75) is 26.2 Å². The Labute approximate surface area is 98.9 Å². The number of hydrogen-bond donors (Lipinski definition) is 1. The Morgan fingerprint density at radius 3 is 2.69 bits per heavy atom. The van der Waals surface area contributed by atoms with Gasteiger partial charge in [-0.2, -0.15) is 0 Å². The van der Waals surface area contributed by atoms with Gasteiger partial charge >= 0.3 is 0 Å². The van der Waals surface area contributed by atoms with Gasteiger partial charge in [0.2, 0.25) is 0 Å². The molecule has 1 unspecified atom stereocenters. The Kier molecular flexibility index (Phi) is 3.46. The fraction of sp³-hybridized carbons (Fsp3) is 0.545. The van der Waals surface area contributed by atoms with E-state index < -0.39 is 0 Å². The molecule has 1 atom stereocenters. The van der Waals surface area contributed by atoms with Gasteiger partial charge in [0, 0.05) is 24.9 Å². The third-order valence-corrected chi connectivity index (χ3v) is 3.57. The van der Waals surface area contributed by atoms with Crippen LogP contribution in [0.2, 0.25) is 0 Å². The molecule has 5 heteroatoms. The number of fused-ring (bicyclic) bond motifs is 1. The van der Waals surface area contributed by atoms with Gasteiger partial charge in [0.25, 0.3) is 0 Å². The van der Waals surface area contributed by atoms with Crippen LogP contribution in [0.4, 0.5) is 0 Å². The van der Waals surface area contributed by atoms with Gasteiger partial charge in [-0.25, -0.2) is 15.0 Å². The molecule has 2 N–H and O–H groups in total. The summed E-state index contributed by atoms with van der Waals surface area (Å²) in [6, 6.07) is 0. The van der Waals surface area contributed by atoms with Crippen LogP contribution in [0.15, 0.2) is 12.4 Å². The lowest BCUT2D eigenvalue weighted by atomic mass is 9.98. The van der Waals surface area contributed by atoms with Crippen molar-refractivity contribution in [2.24, 2.45) is 11.7 Å². The van der Waals surface area contributed by atoms with E-state index in [9.17, 15) is 0 Å². The first-order valence-electron chi connectivity index (χ1n) is 5.48. The minimum absolute atomic E-state index is 0.334. The van der Waals surface area contributed by atoms with Crippen LogP contribution in [0.1, 0.15) is 31.2 Å². The molecule has 0 saturated carbocycles. The quantitative estimate of drug-likeness (QED) is 0.883. The van der Waals surface area contributed by atoms with Gasteiger partial charge in [0.15, 0.2) is 10.5 Å². The van der Waals surface area contributed by atoms with E-state index >= 15 is 0 Å². The van der Waals surface area contributed by atoms with Crippen LogP contribution in [0.25, 0.3) is 10.5 Å². The summed E-state index contributed by atoms with van der Waals surface area (Å²) >= 11 is 1.61. The van der Waals surface area contributed by atoms with Gasteiger partial charge in [0.05, 0.1) is 0 Å². The number of hydrogen-bond acceptors (Lipinski definition) is 5. The van der Waals surface area contributed by atoms with Crippen molar-refractivity contribution in [2.75, 3.05) is 6.54 Å². The van der Waals surface area contributed by atoms with E-state index in [1.54, 1.807) is 23.7 Å². The van der Waals surface area contributed by atoms with Crippen LogP contribution >= 0.6 is 11.3 Å². The first kappa shape index (κ1) is 11.4. The molecule has 2 aromatic heterocycles. The molecule has 0 bridgehead atoms. The van der Waals surface area contributed by atoms with E-state index in [1.807, 2.05) is 0 Å². The molecule has 2 rings (SSSR count). The number of aromatic nitrogens is 3. The summed E-state index contributed by atoms with van der Waals surface area (Å²) in [5.74, 6) is 0.961. The molecule has 0 radical (unpaired) electrons. The minimum atomic E-state index is 0.334. The number of nitrogens with two attached hydrogens (primary N) is 1. The summed E-state index contributed by atoms with van der Waals surface area (Å²) in [7, 11) is 0. The molecule has 0 aliphatic carbocycles. The number of rotatable bonds is 4. The van der Waals surface area contributed by atoms with Crippen molar-refractivity contribution in [3.8, 4) is 0 Å². The normalized spacial score (nSPS) is 13.5. The summed E-state index contributed by atoms with van der Waals surface area (Å²) in [6.45, 7) is 5.04. The lowest BCUT2D eigenvalue weighted by molar-refractivity contribution is 0.503. The fourth-order valence-electron chi connectivity index (χ4n) is 1.73. The zero-order chi connectivity index (χ0) is 11.5. The van der Waals surface area contributed by atoms with Gasteiger partial charge < -0.3 is 5.73 Å². The maximum absolute atomic E-state index is 5.80. The molecule has 2 heterocycles. The second-order valence-corrected chi connectivity index (χ2v) is 5.31. The molecule has 16 heavy (non-hydrogen) atoms. The molecule has 4 nitrogen and oxygen atoms in total. The van der Waals surface area contributed by atoms with E-state index in [2.05, 4.69) is 28.8 Å². The highest BCUT2D eigenvalue weighted by atomic mass is 32.1. The van der Waals surface area contributed by atoms with Crippen molar-refractivity contribution in [1.29, 1.82) is 0 Å². The molecule has 0 saturated heterocycles. The molecule has 0 aliphatic heterocycles. The van der Waals surface area contributed by atoms with Crippen molar-refractivity contribution in [3.05, 3.63) is 17.4 Å². The summed E-state index contributed by atoms with van der Waals surface area (Å²) in [5, 5.41) is 1.07. The topological polar surface area (TPSA) is 64.7 Å². The second kappa shape index (κ2) is 4.84. The largest absolute Gasteiger partial charge is 0.330 e. The monoisotopic (exact) mass is 236 g/mol. The van der Waals surface area contributed by atoms with Crippen LogP contribution in [-0.2, 0) is 0 Å². The number of nitrogens with zero attached hydrogens (tertiary/aromatic N) is 3. The highest BCUT2D eigenvalue weighted by Gasteiger charge is 2.17. The highest BCUT2D eigenvalue weighted by Crippen LogP contribution is 2.28. The van der Waals surface area contributed by atoms with E-state index in [4.69, 9.17) is 5.73 Å². The Bertz CT molecular complexity index is 433. The lowest BCUT2D eigenvalue weighted by Crippen LogP contribution is -2.14. The third-order valence-electron chi connectivity index (χ3n) is 2.45. The highest BCUT2D eigenvalue weighted by molar-refractivity contribution is 7.18. The smallest absolute Gasteiger partial charge is 0.189 e. The Morgan fingerprint density at radius 2 is 2.06 bits per heavy atom. The standard InChI is InChI=1S/C11H16N4S/c1-7(2)5-8(6-12)10-15-9-11(16-10)14-4-3-13-9/h3-4,7-8H,5-6,12H2,1-2H3. The summed E-state index contributed by atoms with van der Waals surface area (Å²) < 4.78 is 0. The molecule has 0 fully saturated rings. The van der Waals surface area contributed by atoms with Crippen molar-refractivity contribution in [1.82, 2.24) is 15.0 Å². The Balaban J connectivity index is 2.30. The van der Waals surface area contributed by atoms with E-state index in [0.717, 1.165) is 21.9 Å². The average molecular weight is 236 g/mol. The SMILES string of the molecule is CC(C)CC(CN)c1nc2nccnc2s1. The molecular weight excluding hydrogens is 220 g/mol. The average Bonchev–Trinajstić information content (AvgIpc) is 2.68. The van der Waals surface area contributed by atoms with Crippen LogP contribution in [0.3, 0.4) is 0 Å². The summed E-state index contributed by atoms with van der Waals surface area (Å²) in [5.41, 5.74) is 6.54. The molecule has 0 spiro atoms. The molecule has 0 aromatic carbocycles. The van der Waals surface area contributed by atoms with E-state index in [1.165, 1.54) is 0 Å². The third kappa shape index (κ3) is 2.36. The van der Waals surface area contributed by atoms with Crippen LogP contribution in [0, 0.1) is 5.92 Å². The van der Waals surface area contributed by atoms with Crippen molar-refractivity contribution < 1.29 is 0 Å². The maximum Gasteiger partial charge on any atom is 0.189 e. The first-order valence-corrected chi connectivity index (χ1v) is 6.30. The molecule has 0 aliphatic rings. The first-order chi connectivity index (χ1) is 7.70. The Morgan fingerprint density at radius 1 is 1.31 bits per heavy atom. The van der Waals surface area contributed by atoms with Crippen molar-refractivity contribution in [3.63, 3.8) is 0 Å². The van der Waals surface area contributed by atoms with Gasteiger partial charge in [0.1, 0.15) is 5.01 Å². The maximum atomic E-state index is 5.80. The molecule has 2 aromatic rings. The van der Waals surface area contributed by atoms with Gasteiger partial charge in [-0.1, -0.05) is 25.2 Å². The lowest BCUT2D eigenvalue weighted by Gasteiger charge is -2.13. The predicted octanol–water partition coefficient (Wildman–Crippen LogP) is 2.17. The second-order valence-electron chi connectivity index (χ2n) is 4.30.